The normalized spacial score (nSPS) is 29.0. The van der Waals surface area contributed by atoms with Gasteiger partial charge in [0.05, 0.1) is 0 Å². The van der Waals surface area contributed by atoms with Gasteiger partial charge in [0.2, 0.25) is 11.6 Å². The zero-order chi connectivity index (χ0) is 14.6. The topological polar surface area (TPSA) is 49.0 Å². The van der Waals surface area contributed by atoms with E-state index in [1.54, 1.807) is 0 Å². The van der Waals surface area contributed by atoms with Crippen LogP contribution in [0.5, 0.6) is 0 Å². The minimum absolute atomic E-state index is 0.636. The third-order valence-electron chi connectivity index (χ3n) is 5.03. The summed E-state index contributed by atoms with van der Waals surface area (Å²) in [4.78, 5) is 22.8. The van der Waals surface area contributed by atoms with Gasteiger partial charge in [0, 0.05) is 25.7 Å². The van der Waals surface area contributed by atoms with Crippen molar-refractivity contribution >= 4 is 0 Å². The quantitative estimate of drug-likeness (QED) is 0.636. The van der Waals surface area contributed by atoms with Crippen molar-refractivity contribution in [2.45, 2.75) is 82.7 Å². The molecule has 2 aliphatic carbocycles. The van der Waals surface area contributed by atoms with E-state index in [4.69, 9.17) is 19.6 Å². The van der Waals surface area contributed by atoms with Gasteiger partial charge in [-0.15, -0.1) is 0 Å². The van der Waals surface area contributed by atoms with E-state index in [9.17, 15) is 0 Å². The molecule has 2 spiro atoms. The van der Waals surface area contributed by atoms with Gasteiger partial charge in [-0.3, -0.25) is 0 Å². The van der Waals surface area contributed by atoms with Crippen molar-refractivity contribution in [3.63, 3.8) is 0 Å². The van der Waals surface area contributed by atoms with Gasteiger partial charge >= 0.3 is 0 Å². The fraction of sp³-hybridized carbons (Fsp3) is 1.00. The summed E-state index contributed by atoms with van der Waals surface area (Å²) in [6.07, 6.45) is 10.3. The largest absolute Gasteiger partial charge is 0.316 e. The Kier molecular flexibility index (Phi) is 5.17. The Morgan fingerprint density at radius 1 is 0.857 bits per heavy atom. The zero-order valence-electron chi connectivity index (χ0n) is 13.2. The number of hydrogen-bond acceptors (Lipinski definition) is 5. The lowest BCUT2D eigenvalue weighted by molar-refractivity contribution is -0.663. The van der Waals surface area contributed by atoms with Crippen molar-refractivity contribution in [3.8, 4) is 0 Å². The van der Waals surface area contributed by atoms with E-state index in [2.05, 4.69) is 12.2 Å². The van der Waals surface area contributed by atoms with E-state index in [1.807, 2.05) is 0 Å². The minimum atomic E-state index is -0.663. The number of rotatable bonds is 4. The summed E-state index contributed by atoms with van der Waals surface area (Å²) >= 11 is 0. The van der Waals surface area contributed by atoms with Crippen LogP contribution in [-0.2, 0) is 19.6 Å². The molecule has 0 radical (unpaired) electrons. The highest BCUT2D eigenvalue weighted by atomic mass is 17.4. The Bertz CT molecular complexity index is 310. The fourth-order valence-corrected chi connectivity index (χ4v) is 3.56. The van der Waals surface area contributed by atoms with Gasteiger partial charge in [-0.25, -0.2) is 0 Å². The van der Waals surface area contributed by atoms with Gasteiger partial charge in [0.15, 0.2) is 0 Å². The maximum atomic E-state index is 5.71. The van der Waals surface area contributed by atoms with Crippen LogP contribution < -0.4 is 5.32 Å². The van der Waals surface area contributed by atoms with Crippen molar-refractivity contribution in [3.05, 3.63) is 0 Å². The Labute approximate surface area is 127 Å². The first kappa shape index (κ1) is 15.7. The first-order valence-electron chi connectivity index (χ1n) is 8.70. The highest BCUT2D eigenvalue weighted by Crippen LogP contribution is 2.44. The van der Waals surface area contributed by atoms with E-state index < -0.39 is 11.6 Å². The average molecular weight is 299 g/mol. The van der Waals surface area contributed by atoms with Crippen LogP contribution in [0.25, 0.3) is 0 Å². The molecule has 3 fully saturated rings. The van der Waals surface area contributed by atoms with Crippen LogP contribution >= 0.6 is 0 Å². The molecule has 0 bridgehead atoms. The van der Waals surface area contributed by atoms with Gasteiger partial charge in [-0.05, 0) is 51.1 Å². The fourth-order valence-electron chi connectivity index (χ4n) is 3.56. The smallest absolute Gasteiger partial charge is 0.234 e. The summed E-state index contributed by atoms with van der Waals surface area (Å²) in [6.45, 7) is 4.39. The Balaban J connectivity index is 1.44. The van der Waals surface area contributed by atoms with Crippen molar-refractivity contribution in [1.29, 1.82) is 0 Å². The third-order valence-corrected chi connectivity index (χ3v) is 5.03. The van der Waals surface area contributed by atoms with Crippen LogP contribution in [0.3, 0.4) is 0 Å². The van der Waals surface area contributed by atoms with Gasteiger partial charge in [-0.1, -0.05) is 13.3 Å². The molecule has 1 aliphatic heterocycles. The molecule has 5 heteroatoms. The van der Waals surface area contributed by atoms with Crippen LogP contribution in [0.15, 0.2) is 0 Å². The number of nitrogens with one attached hydrogen (secondary N) is 1. The van der Waals surface area contributed by atoms with E-state index >= 15 is 0 Å². The molecule has 1 N–H and O–H groups in total. The third kappa shape index (κ3) is 3.77. The lowest BCUT2D eigenvalue weighted by Gasteiger charge is -2.46. The van der Waals surface area contributed by atoms with Gasteiger partial charge in [0.25, 0.3) is 0 Å². The Morgan fingerprint density at radius 3 is 2.00 bits per heavy atom. The van der Waals surface area contributed by atoms with E-state index in [-0.39, 0.29) is 0 Å². The summed E-state index contributed by atoms with van der Waals surface area (Å²) in [5.74, 6) is -0.590. The monoisotopic (exact) mass is 299 g/mol. The van der Waals surface area contributed by atoms with Crippen molar-refractivity contribution in [2.75, 3.05) is 13.1 Å². The lowest BCUT2D eigenvalue weighted by atomic mass is 9.85. The molecule has 0 aromatic rings. The average Bonchev–Trinajstić information content (AvgIpc) is 2.54. The Morgan fingerprint density at radius 2 is 1.43 bits per heavy atom. The van der Waals surface area contributed by atoms with E-state index in [0.717, 1.165) is 64.5 Å². The highest BCUT2D eigenvalue weighted by molar-refractivity contribution is 4.82. The summed E-state index contributed by atoms with van der Waals surface area (Å²) in [6, 6.07) is 0. The number of hydrogen-bond donors (Lipinski definition) is 1. The van der Waals surface area contributed by atoms with Crippen molar-refractivity contribution < 1.29 is 19.6 Å². The molecular formula is C16H29NO4. The minimum Gasteiger partial charge on any atom is -0.316 e. The van der Waals surface area contributed by atoms with Gasteiger partial charge in [0.1, 0.15) is 0 Å². The Hall–Kier alpha value is -0.200. The van der Waals surface area contributed by atoms with E-state index in [0.29, 0.717) is 5.92 Å². The van der Waals surface area contributed by atoms with Crippen LogP contribution in [0.4, 0.5) is 0 Å². The van der Waals surface area contributed by atoms with Crippen LogP contribution in [-0.4, -0.2) is 24.7 Å². The zero-order valence-corrected chi connectivity index (χ0v) is 13.2. The van der Waals surface area contributed by atoms with Crippen molar-refractivity contribution in [1.82, 2.24) is 5.32 Å². The molecule has 122 valence electrons. The molecule has 0 amide bonds. The highest BCUT2D eigenvalue weighted by Gasteiger charge is 2.50. The van der Waals surface area contributed by atoms with Crippen LogP contribution in [0.2, 0.25) is 0 Å². The first-order valence-corrected chi connectivity index (χ1v) is 8.70. The van der Waals surface area contributed by atoms with E-state index in [1.165, 1.54) is 12.8 Å². The molecule has 5 nitrogen and oxygen atoms in total. The molecule has 0 atom stereocenters. The molecule has 0 aromatic carbocycles. The van der Waals surface area contributed by atoms with Crippen LogP contribution in [0.1, 0.15) is 71.1 Å². The maximum absolute atomic E-state index is 5.71. The molecular weight excluding hydrogens is 270 g/mol. The molecule has 3 rings (SSSR count). The van der Waals surface area contributed by atoms with Crippen molar-refractivity contribution in [2.24, 2.45) is 5.92 Å². The summed E-state index contributed by atoms with van der Waals surface area (Å²) in [7, 11) is 0. The SMILES string of the molecule is CCCNCC1CCC2(CC1)OOC1(CCCCC1)OO2. The second-order valence-electron chi connectivity index (χ2n) is 6.86. The van der Waals surface area contributed by atoms with Crippen LogP contribution in [0, 0.1) is 5.92 Å². The predicted molar refractivity (Wildman–Crippen MR) is 78.0 cm³/mol. The molecule has 3 aliphatic rings. The maximum Gasteiger partial charge on any atom is 0.234 e. The molecule has 2 saturated carbocycles. The predicted octanol–water partition coefficient (Wildman–Crippen LogP) is 3.44. The molecule has 0 unspecified atom stereocenters. The van der Waals surface area contributed by atoms with Gasteiger partial charge < -0.3 is 5.32 Å². The second kappa shape index (κ2) is 6.92. The summed E-state index contributed by atoms with van der Waals surface area (Å²) in [5, 5.41) is 3.50. The molecule has 1 heterocycles. The molecule has 0 aromatic heterocycles. The second-order valence-corrected chi connectivity index (χ2v) is 6.86. The van der Waals surface area contributed by atoms with Gasteiger partial charge in [-0.2, -0.15) is 19.6 Å². The summed E-state index contributed by atoms with van der Waals surface area (Å²) in [5.41, 5.74) is 0. The molecule has 1 saturated heterocycles. The summed E-state index contributed by atoms with van der Waals surface area (Å²) < 4.78 is 0. The first-order chi connectivity index (χ1) is 10.3. The lowest BCUT2D eigenvalue weighted by Crippen LogP contribution is -2.53. The standard InChI is InChI=1S/C16H29NO4/c1-2-12-17-13-14-6-10-16(11-7-14)20-18-15(19-21-16)8-4-3-5-9-15/h14,17H,2-13H2,1H3. The molecule has 21 heavy (non-hydrogen) atoms.